The van der Waals surface area contributed by atoms with Gasteiger partial charge in [0.2, 0.25) is 0 Å². The molecule has 0 aliphatic heterocycles. The van der Waals surface area contributed by atoms with E-state index in [2.05, 4.69) is 11.3 Å². The Bertz CT molecular complexity index is 129. The lowest BCUT2D eigenvalue weighted by Gasteiger charge is -1.89. The first-order valence-corrected chi connectivity index (χ1v) is 2.87. The number of hydrogen-bond donors (Lipinski definition) is 0. The fourth-order valence-electron chi connectivity index (χ4n) is 0.202. The van der Waals surface area contributed by atoms with E-state index in [0.717, 1.165) is 0 Å². The summed E-state index contributed by atoms with van der Waals surface area (Å²) in [4.78, 5) is 10.2. The van der Waals surface area contributed by atoms with Crippen LogP contribution >= 0.6 is 11.6 Å². The van der Waals surface area contributed by atoms with Crippen LogP contribution in [0.2, 0.25) is 0 Å². The van der Waals surface area contributed by atoms with Crippen molar-refractivity contribution in [3.05, 3.63) is 25.0 Å². The molecule has 0 saturated carbocycles. The van der Waals surface area contributed by atoms with Gasteiger partial charge in [0.15, 0.2) is 0 Å². The van der Waals surface area contributed by atoms with Gasteiger partial charge < -0.3 is 4.74 Å². The van der Waals surface area contributed by atoms with Gasteiger partial charge in [-0.3, -0.25) is 4.79 Å². The van der Waals surface area contributed by atoms with E-state index in [1.807, 2.05) is 0 Å². The molecule has 0 amide bonds. The normalized spacial score (nSPS) is 9.44. The Balaban J connectivity index is 3.37. The zero-order chi connectivity index (χ0) is 7.11. The smallest absolute Gasteiger partial charge is 0.325 e. The molecule has 0 atom stereocenters. The van der Waals surface area contributed by atoms with Gasteiger partial charge in [0.1, 0.15) is 5.88 Å². The van der Waals surface area contributed by atoms with Crippen LogP contribution in [0.4, 0.5) is 0 Å². The van der Waals surface area contributed by atoms with E-state index < -0.39 is 5.97 Å². The summed E-state index contributed by atoms with van der Waals surface area (Å²) in [5, 5.41) is 0. The van der Waals surface area contributed by atoms with Crippen molar-refractivity contribution in [2.24, 2.45) is 0 Å². The fraction of sp³-hybridized carbons (Fsp3) is 0.167. The zero-order valence-electron chi connectivity index (χ0n) is 4.84. The summed E-state index contributed by atoms with van der Waals surface area (Å²) in [5.41, 5.74) is 0. The predicted octanol–water partition coefficient (Wildman–Crippen LogP) is 1.47. The van der Waals surface area contributed by atoms with Gasteiger partial charge in [-0.15, -0.1) is 11.6 Å². The van der Waals surface area contributed by atoms with Crippen LogP contribution < -0.4 is 0 Å². The molecule has 0 spiro atoms. The molecule has 0 unspecified atom stereocenters. The summed E-state index contributed by atoms with van der Waals surface area (Å²) in [5.74, 6) is -0.587. The first-order chi connectivity index (χ1) is 4.31. The summed E-state index contributed by atoms with van der Waals surface area (Å²) in [7, 11) is 0. The molecule has 0 aliphatic carbocycles. The molecule has 0 saturated heterocycles. The molecule has 2 nitrogen and oxygen atoms in total. The molecule has 0 radical (unpaired) electrons. The average molecular weight is 147 g/mol. The topological polar surface area (TPSA) is 26.3 Å². The Morgan fingerprint density at radius 1 is 1.78 bits per heavy atom. The summed E-state index contributed by atoms with van der Waals surface area (Å²) in [6, 6.07) is 0. The number of carbonyl (C=O) groups excluding carboxylic acids is 1. The summed E-state index contributed by atoms with van der Waals surface area (Å²) in [6.07, 6.45) is 4.24. The Kier molecular flexibility index (Phi) is 4.92. The van der Waals surface area contributed by atoms with E-state index in [1.165, 1.54) is 18.4 Å². The van der Waals surface area contributed by atoms with E-state index in [4.69, 9.17) is 11.6 Å². The van der Waals surface area contributed by atoms with Gasteiger partial charge in [-0.25, -0.2) is 0 Å². The van der Waals surface area contributed by atoms with E-state index in [0.29, 0.717) is 0 Å². The highest BCUT2D eigenvalue weighted by Gasteiger charge is 1.92. The van der Waals surface area contributed by atoms with Crippen molar-refractivity contribution >= 4 is 17.6 Å². The van der Waals surface area contributed by atoms with Gasteiger partial charge in [0.25, 0.3) is 0 Å². The molecule has 0 aromatic rings. The van der Waals surface area contributed by atoms with Crippen LogP contribution in [0.3, 0.4) is 0 Å². The maximum atomic E-state index is 10.2. The minimum absolute atomic E-state index is 0.124. The maximum Gasteiger partial charge on any atom is 0.325 e. The molecular weight excluding hydrogens is 140 g/mol. The first-order valence-electron chi connectivity index (χ1n) is 2.34. The van der Waals surface area contributed by atoms with Crippen LogP contribution in [0.15, 0.2) is 25.0 Å². The largest absolute Gasteiger partial charge is 0.434 e. The molecule has 0 heterocycles. The SMILES string of the molecule is C=CC=COC(=O)CCl. The third-order valence-corrected chi connectivity index (χ3v) is 0.741. The van der Waals surface area contributed by atoms with Gasteiger partial charge in [-0.05, 0) is 6.08 Å². The molecule has 9 heavy (non-hydrogen) atoms. The third-order valence-electron chi connectivity index (χ3n) is 0.523. The van der Waals surface area contributed by atoms with Crippen LogP contribution in [-0.2, 0) is 9.53 Å². The van der Waals surface area contributed by atoms with Crippen molar-refractivity contribution in [1.29, 1.82) is 0 Å². The molecule has 0 aliphatic rings. The van der Waals surface area contributed by atoms with Crippen molar-refractivity contribution < 1.29 is 9.53 Å². The number of rotatable bonds is 3. The summed E-state index contributed by atoms with van der Waals surface area (Å²) < 4.78 is 4.41. The van der Waals surface area contributed by atoms with Crippen LogP contribution in [0.25, 0.3) is 0 Å². The molecule has 50 valence electrons. The van der Waals surface area contributed by atoms with Crippen LogP contribution in [0.1, 0.15) is 0 Å². The number of carbonyl (C=O) groups is 1. The van der Waals surface area contributed by atoms with Gasteiger partial charge in [-0.1, -0.05) is 12.7 Å². The van der Waals surface area contributed by atoms with E-state index in [1.54, 1.807) is 0 Å². The van der Waals surface area contributed by atoms with Gasteiger partial charge in [0, 0.05) is 0 Å². The van der Waals surface area contributed by atoms with Crippen LogP contribution in [0, 0.1) is 0 Å². The van der Waals surface area contributed by atoms with Crippen molar-refractivity contribution in [2.75, 3.05) is 5.88 Å². The van der Waals surface area contributed by atoms with E-state index in [-0.39, 0.29) is 5.88 Å². The lowest BCUT2D eigenvalue weighted by Crippen LogP contribution is -1.99. The highest BCUT2D eigenvalue weighted by molar-refractivity contribution is 6.26. The first kappa shape index (κ1) is 8.24. The fourth-order valence-corrected chi connectivity index (χ4v) is 0.265. The third kappa shape index (κ3) is 5.11. The average Bonchev–Trinajstić information content (AvgIpc) is 1.89. The van der Waals surface area contributed by atoms with Crippen molar-refractivity contribution in [3.63, 3.8) is 0 Å². The Labute approximate surface area is 58.8 Å². The number of ether oxygens (including phenoxy) is 1. The number of alkyl halides is 1. The molecule has 0 bridgehead atoms. The summed E-state index contributed by atoms with van der Waals surface area (Å²) in [6.45, 7) is 3.37. The Morgan fingerprint density at radius 2 is 2.44 bits per heavy atom. The highest BCUT2D eigenvalue weighted by Crippen LogP contribution is 1.83. The molecule has 0 rings (SSSR count). The molecule has 3 heteroatoms. The molecule has 0 aromatic heterocycles. The van der Waals surface area contributed by atoms with Crippen molar-refractivity contribution in [2.45, 2.75) is 0 Å². The quantitative estimate of drug-likeness (QED) is 0.261. The Morgan fingerprint density at radius 3 is 2.89 bits per heavy atom. The summed E-state index contributed by atoms with van der Waals surface area (Å²) >= 11 is 5.10. The van der Waals surface area contributed by atoms with E-state index in [9.17, 15) is 4.79 Å². The lowest BCUT2D eigenvalue weighted by atomic mass is 10.6. The lowest BCUT2D eigenvalue weighted by molar-refractivity contribution is -0.135. The van der Waals surface area contributed by atoms with E-state index >= 15 is 0 Å². The van der Waals surface area contributed by atoms with Crippen molar-refractivity contribution in [3.8, 4) is 0 Å². The van der Waals surface area contributed by atoms with Crippen molar-refractivity contribution in [1.82, 2.24) is 0 Å². The second-order valence-corrected chi connectivity index (χ2v) is 1.45. The van der Waals surface area contributed by atoms with Crippen LogP contribution in [-0.4, -0.2) is 11.8 Å². The predicted molar refractivity (Wildman–Crippen MR) is 36.1 cm³/mol. The Hall–Kier alpha value is -0.760. The van der Waals surface area contributed by atoms with Gasteiger partial charge in [-0.2, -0.15) is 0 Å². The number of esters is 1. The minimum atomic E-state index is -0.463. The second kappa shape index (κ2) is 5.38. The van der Waals surface area contributed by atoms with Gasteiger partial charge >= 0.3 is 5.97 Å². The number of hydrogen-bond acceptors (Lipinski definition) is 2. The zero-order valence-corrected chi connectivity index (χ0v) is 5.60. The molecule has 0 N–H and O–H groups in total. The molecule has 0 fully saturated rings. The molecule has 0 aromatic carbocycles. The number of halogens is 1. The standard InChI is InChI=1S/C6H7ClO2/c1-2-3-4-9-6(8)5-7/h2-4H,1,5H2. The maximum absolute atomic E-state index is 10.2. The second-order valence-electron chi connectivity index (χ2n) is 1.19. The van der Waals surface area contributed by atoms with Crippen LogP contribution in [0.5, 0.6) is 0 Å². The minimum Gasteiger partial charge on any atom is -0.434 e. The number of allylic oxidation sites excluding steroid dienone is 2. The molecular formula is C6H7ClO2. The van der Waals surface area contributed by atoms with Gasteiger partial charge in [0.05, 0.1) is 6.26 Å². The highest BCUT2D eigenvalue weighted by atomic mass is 35.5. The monoisotopic (exact) mass is 146 g/mol.